The van der Waals surface area contributed by atoms with Gasteiger partial charge in [0.05, 0.1) is 22.4 Å². The number of thiazole rings is 1. The van der Waals surface area contributed by atoms with E-state index < -0.39 is 5.97 Å². The standard InChI is InChI=1S/C20H19N3O4S2/c1-12-2-7-15-16(10-12)29-20(22-15)23-18(25)11-28-14-5-3-13(4-6-14)21-17(24)8-9-19(26)27/h2-7,10H,8-9,11H2,1H3,(H,21,24)(H,26,27)(H,22,23,25). The summed E-state index contributed by atoms with van der Waals surface area (Å²) >= 11 is 2.82. The molecular weight excluding hydrogens is 410 g/mol. The number of hydrogen-bond acceptors (Lipinski definition) is 6. The topological polar surface area (TPSA) is 108 Å². The fourth-order valence-electron chi connectivity index (χ4n) is 2.47. The molecule has 0 aliphatic heterocycles. The van der Waals surface area contributed by atoms with Crippen molar-refractivity contribution < 1.29 is 19.5 Å². The quantitative estimate of drug-likeness (QED) is 0.465. The first-order chi connectivity index (χ1) is 13.9. The molecule has 0 radical (unpaired) electrons. The van der Waals surface area contributed by atoms with Gasteiger partial charge in [0.2, 0.25) is 11.8 Å². The van der Waals surface area contributed by atoms with E-state index in [1.165, 1.54) is 23.1 Å². The first-order valence-electron chi connectivity index (χ1n) is 8.80. The predicted molar refractivity (Wildman–Crippen MR) is 116 cm³/mol. The highest BCUT2D eigenvalue weighted by molar-refractivity contribution is 8.00. The van der Waals surface area contributed by atoms with Crippen LogP contribution >= 0.6 is 23.1 Å². The smallest absolute Gasteiger partial charge is 0.303 e. The molecule has 0 aliphatic carbocycles. The van der Waals surface area contributed by atoms with Crippen molar-refractivity contribution in [2.24, 2.45) is 0 Å². The summed E-state index contributed by atoms with van der Waals surface area (Å²) in [4.78, 5) is 39.6. The van der Waals surface area contributed by atoms with E-state index in [1.807, 2.05) is 25.1 Å². The second-order valence-corrected chi connectivity index (χ2v) is 8.37. The molecule has 0 atom stereocenters. The van der Waals surface area contributed by atoms with E-state index in [1.54, 1.807) is 24.3 Å². The Bertz CT molecular complexity index is 1050. The SMILES string of the molecule is Cc1ccc2nc(NC(=O)CSc3ccc(NC(=O)CCC(=O)O)cc3)sc2c1. The van der Waals surface area contributed by atoms with E-state index in [0.717, 1.165) is 20.7 Å². The van der Waals surface area contributed by atoms with E-state index >= 15 is 0 Å². The molecule has 0 aliphatic rings. The number of benzene rings is 2. The lowest BCUT2D eigenvalue weighted by atomic mass is 10.2. The van der Waals surface area contributed by atoms with Gasteiger partial charge in [0, 0.05) is 17.0 Å². The number of anilines is 2. The average Bonchev–Trinajstić information content (AvgIpc) is 3.07. The maximum absolute atomic E-state index is 12.2. The van der Waals surface area contributed by atoms with Gasteiger partial charge in [-0.2, -0.15) is 0 Å². The number of hydrogen-bond donors (Lipinski definition) is 3. The third-order valence-electron chi connectivity index (χ3n) is 3.86. The second-order valence-electron chi connectivity index (χ2n) is 6.29. The van der Waals surface area contributed by atoms with E-state index in [-0.39, 0.29) is 30.4 Å². The number of nitrogens with one attached hydrogen (secondary N) is 2. The number of amides is 2. The number of carbonyl (C=O) groups excluding carboxylic acids is 2. The number of nitrogens with zero attached hydrogens (tertiary/aromatic N) is 1. The fourth-order valence-corrected chi connectivity index (χ4v) is 4.15. The highest BCUT2D eigenvalue weighted by Crippen LogP contribution is 2.27. The minimum Gasteiger partial charge on any atom is -0.481 e. The molecule has 1 aromatic heterocycles. The summed E-state index contributed by atoms with van der Waals surface area (Å²) in [5, 5.41) is 14.6. The average molecular weight is 430 g/mol. The summed E-state index contributed by atoms with van der Waals surface area (Å²) in [6.45, 7) is 2.01. The van der Waals surface area contributed by atoms with Gasteiger partial charge in [-0.1, -0.05) is 17.4 Å². The Hall–Kier alpha value is -2.91. The van der Waals surface area contributed by atoms with E-state index in [9.17, 15) is 14.4 Å². The number of rotatable bonds is 8. The van der Waals surface area contributed by atoms with Crippen LogP contribution in [0.15, 0.2) is 47.4 Å². The van der Waals surface area contributed by atoms with Crippen molar-refractivity contribution in [2.45, 2.75) is 24.7 Å². The summed E-state index contributed by atoms with van der Waals surface area (Å²) < 4.78 is 1.04. The van der Waals surface area contributed by atoms with Gasteiger partial charge in [0.25, 0.3) is 0 Å². The van der Waals surface area contributed by atoms with Crippen LogP contribution in [0.4, 0.5) is 10.8 Å². The lowest BCUT2D eigenvalue weighted by molar-refractivity contribution is -0.138. The minimum absolute atomic E-state index is 0.0721. The van der Waals surface area contributed by atoms with Crippen LogP contribution < -0.4 is 10.6 Å². The van der Waals surface area contributed by atoms with E-state index in [4.69, 9.17) is 5.11 Å². The van der Waals surface area contributed by atoms with Crippen molar-refractivity contribution in [2.75, 3.05) is 16.4 Å². The molecule has 3 rings (SSSR count). The molecule has 2 aromatic carbocycles. The van der Waals surface area contributed by atoms with Crippen molar-refractivity contribution in [3.05, 3.63) is 48.0 Å². The fraction of sp³-hybridized carbons (Fsp3) is 0.200. The summed E-state index contributed by atoms with van der Waals surface area (Å²) in [7, 11) is 0. The molecule has 0 saturated heterocycles. The maximum Gasteiger partial charge on any atom is 0.303 e. The Kier molecular flexibility index (Phi) is 6.84. The predicted octanol–water partition coefficient (Wildman–Crippen LogP) is 4.14. The second kappa shape index (κ2) is 9.53. The molecule has 3 aromatic rings. The van der Waals surface area contributed by atoms with Crippen molar-refractivity contribution in [3.8, 4) is 0 Å². The van der Waals surface area contributed by atoms with Crippen LogP contribution in [-0.4, -0.2) is 33.6 Å². The molecule has 0 fully saturated rings. The molecule has 0 spiro atoms. The molecule has 150 valence electrons. The van der Waals surface area contributed by atoms with Gasteiger partial charge in [0.1, 0.15) is 0 Å². The highest BCUT2D eigenvalue weighted by Gasteiger charge is 2.09. The third kappa shape index (κ3) is 6.30. The maximum atomic E-state index is 12.2. The summed E-state index contributed by atoms with van der Waals surface area (Å²) in [5.74, 6) is -1.26. The Morgan fingerprint density at radius 1 is 1.03 bits per heavy atom. The molecular formula is C20H19N3O4S2. The molecule has 2 amide bonds. The number of aryl methyl sites for hydroxylation is 1. The summed E-state index contributed by atoms with van der Waals surface area (Å²) in [6.07, 6.45) is -0.277. The largest absolute Gasteiger partial charge is 0.481 e. The number of thioether (sulfide) groups is 1. The van der Waals surface area contributed by atoms with Crippen LogP contribution in [0.5, 0.6) is 0 Å². The molecule has 0 saturated carbocycles. The van der Waals surface area contributed by atoms with Crippen LogP contribution in [-0.2, 0) is 14.4 Å². The van der Waals surface area contributed by atoms with E-state index in [0.29, 0.717) is 10.8 Å². The molecule has 3 N–H and O–H groups in total. The van der Waals surface area contributed by atoms with Crippen LogP contribution in [0.25, 0.3) is 10.2 Å². The van der Waals surface area contributed by atoms with Gasteiger partial charge in [-0.15, -0.1) is 11.8 Å². The Labute approximate surface area is 175 Å². The van der Waals surface area contributed by atoms with Crippen LogP contribution in [0.3, 0.4) is 0 Å². The molecule has 0 bridgehead atoms. The van der Waals surface area contributed by atoms with E-state index in [2.05, 4.69) is 15.6 Å². The minimum atomic E-state index is -1.01. The molecule has 7 nitrogen and oxygen atoms in total. The van der Waals surface area contributed by atoms with Crippen LogP contribution in [0.1, 0.15) is 18.4 Å². The summed E-state index contributed by atoms with van der Waals surface area (Å²) in [6, 6.07) is 13.0. The van der Waals surface area contributed by atoms with Crippen molar-refractivity contribution in [1.82, 2.24) is 4.98 Å². The molecule has 0 unspecified atom stereocenters. The summed E-state index contributed by atoms with van der Waals surface area (Å²) in [5.41, 5.74) is 2.60. The highest BCUT2D eigenvalue weighted by atomic mass is 32.2. The number of carboxylic acid groups (broad SMARTS) is 1. The zero-order chi connectivity index (χ0) is 20.8. The monoisotopic (exact) mass is 429 g/mol. The number of aromatic nitrogens is 1. The van der Waals surface area contributed by atoms with Gasteiger partial charge >= 0.3 is 5.97 Å². The zero-order valence-electron chi connectivity index (χ0n) is 15.6. The first kappa shape index (κ1) is 20.8. The van der Waals surface area contributed by atoms with Gasteiger partial charge in [-0.05, 0) is 48.9 Å². The number of carboxylic acids is 1. The number of aliphatic carboxylic acids is 1. The van der Waals surface area contributed by atoms with Crippen molar-refractivity contribution in [3.63, 3.8) is 0 Å². The van der Waals surface area contributed by atoms with Gasteiger partial charge < -0.3 is 15.7 Å². The van der Waals surface area contributed by atoms with Gasteiger partial charge in [-0.25, -0.2) is 4.98 Å². The number of carbonyl (C=O) groups is 3. The Balaban J connectivity index is 1.48. The lowest BCUT2D eigenvalue weighted by Gasteiger charge is -2.06. The molecule has 29 heavy (non-hydrogen) atoms. The lowest BCUT2D eigenvalue weighted by Crippen LogP contribution is -2.14. The molecule has 1 heterocycles. The molecule has 9 heteroatoms. The van der Waals surface area contributed by atoms with Crippen LogP contribution in [0, 0.1) is 6.92 Å². The van der Waals surface area contributed by atoms with Crippen LogP contribution in [0.2, 0.25) is 0 Å². The third-order valence-corrected chi connectivity index (χ3v) is 5.81. The van der Waals surface area contributed by atoms with Crippen molar-refractivity contribution >= 4 is 61.9 Å². The van der Waals surface area contributed by atoms with Gasteiger partial charge in [-0.3, -0.25) is 14.4 Å². The van der Waals surface area contributed by atoms with Crippen molar-refractivity contribution in [1.29, 1.82) is 0 Å². The van der Waals surface area contributed by atoms with Gasteiger partial charge in [0.15, 0.2) is 5.13 Å². The zero-order valence-corrected chi connectivity index (χ0v) is 17.2. The first-order valence-corrected chi connectivity index (χ1v) is 10.6. The Morgan fingerprint density at radius 2 is 1.79 bits per heavy atom. The number of fused-ring (bicyclic) bond motifs is 1. The Morgan fingerprint density at radius 3 is 2.52 bits per heavy atom. The normalized spacial score (nSPS) is 10.7.